The number of nitrogens with one attached hydrogen (secondary N) is 1. The van der Waals surface area contributed by atoms with Crippen LogP contribution in [0.25, 0.3) is 0 Å². The Morgan fingerprint density at radius 1 is 1.29 bits per heavy atom. The van der Waals surface area contributed by atoms with Crippen LogP contribution in [0.5, 0.6) is 0 Å². The monoisotopic (exact) mass is 311 g/mol. The zero-order valence-corrected chi connectivity index (χ0v) is 13.6. The number of rotatable bonds is 5. The lowest BCUT2D eigenvalue weighted by Gasteiger charge is -2.32. The van der Waals surface area contributed by atoms with Crippen LogP contribution in [0.15, 0.2) is 18.2 Å². The summed E-state index contributed by atoms with van der Waals surface area (Å²) in [5, 5.41) is 4.99. The minimum Gasteiger partial charge on any atom is -0.299 e. The van der Waals surface area contributed by atoms with Gasteiger partial charge in [-0.1, -0.05) is 29.3 Å². The summed E-state index contributed by atoms with van der Waals surface area (Å²) in [6, 6.07) is 6.62. The SMILES string of the molecule is Cc1cc(C)cc(CN2CCC[C@H](CNS(N)(=O)=O)C2)c1. The van der Waals surface area contributed by atoms with E-state index in [0.717, 1.165) is 32.5 Å². The zero-order valence-electron chi connectivity index (χ0n) is 12.8. The van der Waals surface area contributed by atoms with Gasteiger partial charge in [0.2, 0.25) is 0 Å². The van der Waals surface area contributed by atoms with Crippen molar-refractivity contribution in [1.29, 1.82) is 0 Å². The van der Waals surface area contributed by atoms with Gasteiger partial charge in [0.1, 0.15) is 0 Å². The molecule has 0 aromatic heterocycles. The van der Waals surface area contributed by atoms with Gasteiger partial charge in [-0.15, -0.1) is 0 Å². The van der Waals surface area contributed by atoms with E-state index in [0.29, 0.717) is 12.5 Å². The van der Waals surface area contributed by atoms with Crippen LogP contribution in [0.4, 0.5) is 0 Å². The second-order valence-electron chi connectivity index (χ2n) is 6.13. The highest BCUT2D eigenvalue weighted by atomic mass is 32.2. The van der Waals surface area contributed by atoms with Gasteiger partial charge < -0.3 is 0 Å². The van der Waals surface area contributed by atoms with E-state index in [1.165, 1.54) is 16.7 Å². The first-order chi connectivity index (χ1) is 9.82. The average molecular weight is 311 g/mol. The number of nitrogens with zero attached hydrogens (tertiary/aromatic N) is 1. The minimum absolute atomic E-state index is 0.336. The summed E-state index contributed by atoms with van der Waals surface area (Å²) in [6.45, 7) is 7.57. The second-order valence-corrected chi connectivity index (χ2v) is 7.51. The van der Waals surface area contributed by atoms with Crippen LogP contribution in [0.2, 0.25) is 0 Å². The largest absolute Gasteiger partial charge is 0.299 e. The third-order valence-corrected chi connectivity index (χ3v) is 4.43. The number of aryl methyl sites for hydroxylation is 2. The molecule has 5 nitrogen and oxygen atoms in total. The summed E-state index contributed by atoms with van der Waals surface area (Å²) >= 11 is 0. The van der Waals surface area contributed by atoms with Crippen molar-refractivity contribution in [2.75, 3.05) is 19.6 Å². The molecule has 0 amide bonds. The second kappa shape index (κ2) is 6.87. The Hall–Kier alpha value is -0.950. The molecule has 2 rings (SSSR count). The minimum atomic E-state index is -3.58. The molecule has 0 aliphatic carbocycles. The van der Waals surface area contributed by atoms with Gasteiger partial charge in [-0.2, -0.15) is 8.42 Å². The zero-order chi connectivity index (χ0) is 15.5. The van der Waals surface area contributed by atoms with Gasteiger partial charge in [0.05, 0.1) is 0 Å². The third kappa shape index (κ3) is 5.74. The molecule has 1 aliphatic heterocycles. The van der Waals surface area contributed by atoms with Gasteiger partial charge in [-0.25, -0.2) is 9.86 Å². The molecule has 1 saturated heterocycles. The molecule has 0 unspecified atom stereocenters. The molecule has 6 heteroatoms. The highest BCUT2D eigenvalue weighted by molar-refractivity contribution is 7.87. The predicted molar refractivity (Wildman–Crippen MR) is 85.0 cm³/mol. The lowest BCUT2D eigenvalue weighted by atomic mass is 9.97. The van der Waals surface area contributed by atoms with E-state index in [9.17, 15) is 8.42 Å². The number of benzene rings is 1. The Balaban J connectivity index is 1.91. The van der Waals surface area contributed by atoms with Crippen LogP contribution in [-0.2, 0) is 16.8 Å². The molecule has 1 aromatic carbocycles. The lowest BCUT2D eigenvalue weighted by molar-refractivity contribution is 0.169. The Morgan fingerprint density at radius 2 is 1.95 bits per heavy atom. The summed E-state index contributed by atoms with van der Waals surface area (Å²) in [6.07, 6.45) is 2.15. The van der Waals surface area contributed by atoms with Crippen molar-refractivity contribution in [3.05, 3.63) is 34.9 Å². The highest BCUT2D eigenvalue weighted by Gasteiger charge is 2.21. The molecule has 0 spiro atoms. The molecule has 0 radical (unpaired) electrons. The summed E-state index contributed by atoms with van der Waals surface area (Å²) in [7, 11) is -3.58. The molecule has 3 N–H and O–H groups in total. The fraction of sp³-hybridized carbons (Fsp3) is 0.600. The van der Waals surface area contributed by atoms with Gasteiger partial charge >= 0.3 is 0 Å². The molecule has 1 fully saturated rings. The highest BCUT2D eigenvalue weighted by Crippen LogP contribution is 2.19. The van der Waals surface area contributed by atoms with Crippen molar-refractivity contribution in [2.24, 2.45) is 11.1 Å². The molecule has 1 heterocycles. The molecule has 1 aromatic rings. The molecular formula is C15H25N3O2S. The molecule has 118 valence electrons. The van der Waals surface area contributed by atoms with Crippen molar-refractivity contribution in [3.8, 4) is 0 Å². The molecule has 1 atom stereocenters. The van der Waals surface area contributed by atoms with E-state index in [-0.39, 0.29) is 0 Å². The molecule has 21 heavy (non-hydrogen) atoms. The summed E-state index contributed by atoms with van der Waals surface area (Å²) < 4.78 is 24.4. The van der Waals surface area contributed by atoms with E-state index >= 15 is 0 Å². The van der Waals surface area contributed by atoms with Crippen LogP contribution < -0.4 is 9.86 Å². The number of hydrogen-bond acceptors (Lipinski definition) is 3. The van der Waals surface area contributed by atoms with Crippen molar-refractivity contribution >= 4 is 10.2 Å². The van der Waals surface area contributed by atoms with E-state index < -0.39 is 10.2 Å². The van der Waals surface area contributed by atoms with Crippen LogP contribution in [-0.4, -0.2) is 33.0 Å². The normalized spacial score (nSPS) is 20.6. The third-order valence-electron chi connectivity index (χ3n) is 3.86. The number of likely N-dealkylation sites (tertiary alicyclic amines) is 1. The molecule has 0 saturated carbocycles. The van der Waals surface area contributed by atoms with Crippen molar-refractivity contribution < 1.29 is 8.42 Å². The first-order valence-electron chi connectivity index (χ1n) is 7.39. The first kappa shape index (κ1) is 16.4. The van der Waals surface area contributed by atoms with E-state index in [1.54, 1.807) is 0 Å². The number of nitrogens with two attached hydrogens (primary N) is 1. The van der Waals surface area contributed by atoms with Crippen LogP contribution >= 0.6 is 0 Å². The van der Waals surface area contributed by atoms with Crippen molar-refractivity contribution in [2.45, 2.75) is 33.2 Å². The van der Waals surface area contributed by atoms with Gasteiger partial charge in [-0.3, -0.25) is 4.90 Å². The standard InChI is InChI=1S/C15H25N3O2S/c1-12-6-13(2)8-15(7-12)11-18-5-3-4-14(10-18)9-17-21(16,19)20/h6-8,14,17H,3-5,9-11H2,1-2H3,(H2,16,19,20)/t14-/m1/s1. The van der Waals surface area contributed by atoms with Crippen molar-refractivity contribution in [1.82, 2.24) is 9.62 Å². The van der Waals surface area contributed by atoms with Gasteiger partial charge in [-0.05, 0) is 44.7 Å². The molecule has 0 bridgehead atoms. The van der Waals surface area contributed by atoms with Gasteiger partial charge in [0.25, 0.3) is 10.2 Å². The quantitative estimate of drug-likeness (QED) is 0.861. The average Bonchev–Trinajstić information content (AvgIpc) is 2.35. The van der Waals surface area contributed by atoms with E-state index in [2.05, 4.69) is 41.7 Å². The number of piperidine rings is 1. The fourth-order valence-electron chi connectivity index (χ4n) is 3.11. The summed E-state index contributed by atoms with van der Waals surface area (Å²) in [4.78, 5) is 2.40. The topological polar surface area (TPSA) is 75.4 Å². The maximum atomic E-state index is 11.0. The van der Waals surface area contributed by atoms with Crippen LogP contribution in [0, 0.1) is 19.8 Å². The van der Waals surface area contributed by atoms with E-state index in [4.69, 9.17) is 5.14 Å². The van der Waals surface area contributed by atoms with Crippen molar-refractivity contribution in [3.63, 3.8) is 0 Å². The van der Waals surface area contributed by atoms with E-state index in [1.807, 2.05) is 0 Å². The van der Waals surface area contributed by atoms with Crippen LogP contribution in [0.1, 0.15) is 29.5 Å². The molecular weight excluding hydrogens is 286 g/mol. The Morgan fingerprint density at radius 3 is 2.57 bits per heavy atom. The Kier molecular flexibility index (Phi) is 5.37. The summed E-state index contributed by atoms with van der Waals surface area (Å²) in [5.74, 6) is 0.336. The Bertz CT molecular complexity index is 566. The van der Waals surface area contributed by atoms with Gasteiger partial charge in [0, 0.05) is 19.6 Å². The number of hydrogen-bond donors (Lipinski definition) is 2. The fourth-order valence-corrected chi connectivity index (χ4v) is 3.58. The maximum absolute atomic E-state index is 11.0. The predicted octanol–water partition coefficient (Wildman–Crippen LogP) is 1.31. The molecule has 1 aliphatic rings. The summed E-state index contributed by atoms with van der Waals surface area (Å²) in [5.41, 5.74) is 3.90. The van der Waals surface area contributed by atoms with Crippen LogP contribution in [0.3, 0.4) is 0 Å². The first-order valence-corrected chi connectivity index (χ1v) is 8.93. The van der Waals surface area contributed by atoms with Gasteiger partial charge in [0.15, 0.2) is 0 Å². The smallest absolute Gasteiger partial charge is 0.274 e. The lowest BCUT2D eigenvalue weighted by Crippen LogP contribution is -2.42. The Labute approximate surface area is 127 Å². The maximum Gasteiger partial charge on any atom is 0.274 e.